The minimum atomic E-state index is -0.268. The molecule has 3 aromatic heterocycles. The summed E-state index contributed by atoms with van der Waals surface area (Å²) in [6.07, 6.45) is 3.24. The first-order valence-electron chi connectivity index (χ1n) is 10.5. The lowest BCUT2D eigenvalue weighted by atomic mass is 10.1. The number of amides is 1. The quantitative estimate of drug-likeness (QED) is 0.429. The van der Waals surface area contributed by atoms with E-state index in [4.69, 9.17) is 23.6 Å². The van der Waals surface area contributed by atoms with Crippen molar-refractivity contribution in [2.24, 2.45) is 0 Å². The third-order valence-electron chi connectivity index (χ3n) is 5.30. The summed E-state index contributed by atoms with van der Waals surface area (Å²) in [5.74, 6) is 1.98. The molecule has 0 bridgehead atoms. The predicted molar refractivity (Wildman–Crippen MR) is 123 cm³/mol. The summed E-state index contributed by atoms with van der Waals surface area (Å²) in [6.45, 7) is 4.24. The van der Waals surface area contributed by atoms with Crippen molar-refractivity contribution in [2.75, 3.05) is 21.3 Å². The number of nitrogens with zero attached hydrogens (tertiary/aromatic N) is 3. The highest BCUT2D eigenvalue weighted by molar-refractivity contribution is 6.06. The zero-order valence-electron chi connectivity index (χ0n) is 19.2. The second-order valence-electron chi connectivity index (χ2n) is 7.65. The number of methoxy groups -OCH3 is 3. The van der Waals surface area contributed by atoms with Crippen molar-refractivity contribution in [3.05, 3.63) is 53.9 Å². The van der Waals surface area contributed by atoms with Crippen molar-refractivity contribution in [3.8, 4) is 28.7 Å². The van der Waals surface area contributed by atoms with Crippen LogP contribution in [0.5, 0.6) is 17.2 Å². The van der Waals surface area contributed by atoms with Crippen LogP contribution in [-0.2, 0) is 6.54 Å². The molecule has 4 aromatic rings. The van der Waals surface area contributed by atoms with E-state index in [1.54, 1.807) is 68.8 Å². The minimum Gasteiger partial charge on any atom is -0.496 e. The Balaban J connectivity index is 1.70. The number of rotatable bonds is 8. The number of ether oxygens (including phenoxy) is 3. The molecular formula is C24H26N4O5. The second kappa shape index (κ2) is 9.23. The summed E-state index contributed by atoms with van der Waals surface area (Å²) in [7, 11) is 4.68. The van der Waals surface area contributed by atoms with E-state index in [0.717, 1.165) is 5.56 Å². The molecule has 9 nitrogen and oxygen atoms in total. The molecule has 0 aliphatic carbocycles. The van der Waals surface area contributed by atoms with Crippen molar-refractivity contribution in [1.82, 2.24) is 20.1 Å². The lowest BCUT2D eigenvalue weighted by Crippen LogP contribution is -2.23. The van der Waals surface area contributed by atoms with E-state index in [2.05, 4.69) is 10.4 Å². The molecule has 3 heterocycles. The molecule has 9 heteroatoms. The summed E-state index contributed by atoms with van der Waals surface area (Å²) in [6, 6.07) is 8.89. The van der Waals surface area contributed by atoms with Crippen LogP contribution in [0.15, 0.2) is 47.2 Å². The van der Waals surface area contributed by atoms with Crippen LogP contribution in [0.1, 0.15) is 35.8 Å². The molecule has 0 fully saturated rings. The number of furan rings is 1. The van der Waals surface area contributed by atoms with Crippen LogP contribution in [-0.4, -0.2) is 42.0 Å². The number of hydrogen-bond donors (Lipinski definition) is 1. The van der Waals surface area contributed by atoms with Crippen LogP contribution in [0.2, 0.25) is 0 Å². The Morgan fingerprint density at radius 3 is 2.45 bits per heavy atom. The van der Waals surface area contributed by atoms with Gasteiger partial charge in [0.05, 0.1) is 44.7 Å². The summed E-state index contributed by atoms with van der Waals surface area (Å²) in [4.78, 5) is 18.0. The maximum absolute atomic E-state index is 13.3. The highest BCUT2D eigenvalue weighted by Gasteiger charge is 2.20. The molecule has 0 radical (unpaired) electrons. The zero-order valence-corrected chi connectivity index (χ0v) is 19.2. The van der Waals surface area contributed by atoms with Crippen molar-refractivity contribution < 1.29 is 23.4 Å². The van der Waals surface area contributed by atoms with Gasteiger partial charge >= 0.3 is 0 Å². The first-order valence-corrected chi connectivity index (χ1v) is 10.5. The molecule has 0 spiro atoms. The average molecular weight is 450 g/mol. The number of carbonyl (C=O) groups is 1. The van der Waals surface area contributed by atoms with Gasteiger partial charge in [-0.05, 0) is 38.1 Å². The number of nitrogens with one attached hydrogen (secondary N) is 1. The summed E-state index contributed by atoms with van der Waals surface area (Å²) in [5.41, 5.74) is 2.38. The van der Waals surface area contributed by atoms with Gasteiger partial charge in [-0.2, -0.15) is 5.10 Å². The van der Waals surface area contributed by atoms with Gasteiger partial charge < -0.3 is 23.9 Å². The molecule has 33 heavy (non-hydrogen) atoms. The summed E-state index contributed by atoms with van der Waals surface area (Å²) >= 11 is 0. The molecular weight excluding hydrogens is 424 g/mol. The lowest BCUT2D eigenvalue weighted by Gasteiger charge is -2.15. The molecule has 172 valence electrons. The molecule has 1 amide bonds. The molecule has 4 rings (SSSR count). The third kappa shape index (κ3) is 4.21. The molecule has 0 aliphatic heterocycles. The predicted octanol–water partition coefficient (Wildman–Crippen LogP) is 4.23. The first kappa shape index (κ1) is 22.2. The van der Waals surface area contributed by atoms with E-state index in [1.807, 2.05) is 13.8 Å². The van der Waals surface area contributed by atoms with Gasteiger partial charge in [-0.15, -0.1) is 0 Å². The molecule has 1 N–H and O–H groups in total. The van der Waals surface area contributed by atoms with Gasteiger partial charge in [-0.3, -0.25) is 4.79 Å². The highest BCUT2D eigenvalue weighted by Crippen LogP contribution is 2.34. The van der Waals surface area contributed by atoms with E-state index in [0.29, 0.717) is 45.3 Å². The fraction of sp³-hybridized carbons (Fsp3) is 0.292. The highest BCUT2D eigenvalue weighted by atomic mass is 16.5. The van der Waals surface area contributed by atoms with Gasteiger partial charge in [0.15, 0.2) is 22.9 Å². The van der Waals surface area contributed by atoms with Crippen LogP contribution in [0, 0.1) is 0 Å². The monoisotopic (exact) mass is 450 g/mol. The van der Waals surface area contributed by atoms with Gasteiger partial charge in [0.2, 0.25) is 0 Å². The Bertz CT molecular complexity index is 1280. The molecule has 0 saturated heterocycles. The van der Waals surface area contributed by atoms with Crippen molar-refractivity contribution in [1.29, 1.82) is 0 Å². The number of carbonyl (C=O) groups excluding carboxylic acids is 1. The van der Waals surface area contributed by atoms with Crippen LogP contribution in [0.25, 0.3) is 22.5 Å². The zero-order chi connectivity index (χ0) is 23.5. The van der Waals surface area contributed by atoms with E-state index in [-0.39, 0.29) is 18.5 Å². The Hall–Kier alpha value is -4.01. The number of fused-ring (bicyclic) bond motifs is 1. The largest absolute Gasteiger partial charge is 0.496 e. The number of hydrogen-bond acceptors (Lipinski definition) is 7. The SMILES string of the molecule is COc1cc(OC)c(OC)cc1CNC(=O)c1cc(-c2ccco2)nc2c1cnn2C(C)C. The van der Waals surface area contributed by atoms with Crippen molar-refractivity contribution in [3.63, 3.8) is 0 Å². The van der Waals surface area contributed by atoms with E-state index < -0.39 is 0 Å². The Labute approximate surface area is 191 Å². The van der Waals surface area contributed by atoms with Gasteiger partial charge in [0, 0.05) is 24.2 Å². The normalized spacial score (nSPS) is 11.1. The van der Waals surface area contributed by atoms with E-state index in [9.17, 15) is 4.79 Å². The van der Waals surface area contributed by atoms with Crippen molar-refractivity contribution >= 4 is 16.9 Å². The van der Waals surface area contributed by atoms with Crippen LogP contribution in [0.4, 0.5) is 0 Å². The maximum atomic E-state index is 13.3. The lowest BCUT2D eigenvalue weighted by molar-refractivity contribution is 0.0952. The molecule has 0 aliphatic rings. The smallest absolute Gasteiger partial charge is 0.252 e. The first-order chi connectivity index (χ1) is 16.0. The topological polar surface area (TPSA) is 101 Å². The Kier molecular flexibility index (Phi) is 6.21. The van der Waals surface area contributed by atoms with Crippen LogP contribution < -0.4 is 19.5 Å². The Morgan fingerprint density at radius 1 is 1.09 bits per heavy atom. The number of pyridine rings is 1. The van der Waals surface area contributed by atoms with Crippen LogP contribution in [0.3, 0.4) is 0 Å². The third-order valence-corrected chi connectivity index (χ3v) is 5.30. The van der Waals surface area contributed by atoms with Crippen molar-refractivity contribution in [2.45, 2.75) is 26.4 Å². The fourth-order valence-corrected chi connectivity index (χ4v) is 3.64. The molecule has 0 saturated carbocycles. The summed E-state index contributed by atoms with van der Waals surface area (Å²) in [5, 5.41) is 8.07. The Morgan fingerprint density at radius 2 is 1.82 bits per heavy atom. The molecule has 0 atom stereocenters. The second-order valence-corrected chi connectivity index (χ2v) is 7.65. The average Bonchev–Trinajstić information content (AvgIpc) is 3.51. The standard InChI is InChI=1S/C24H26N4O5/c1-14(2)28-23-17(13-26-28)16(10-18(27-23)19-7-6-8-33-19)24(29)25-12-15-9-21(31-4)22(32-5)11-20(15)30-3/h6-11,13-14H,12H2,1-5H3,(H,25,29). The summed E-state index contributed by atoms with van der Waals surface area (Å²) < 4.78 is 23.5. The van der Waals surface area contributed by atoms with Gasteiger partial charge in [-0.1, -0.05) is 0 Å². The van der Waals surface area contributed by atoms with Gasteiger partial charge in [-0.25, -0.2) is 9.67 Å². The number of benzene rings is 1. The fourth-order valence-electron chi connectivity index (χ4n) is 3.64. The van der Waals surface area contributed by atoms with Gasteiger partial charge in [0.1, 0.15) is 11.4 Å². The maximum Gasteiger partial charge on any atom is 0.252 e. The minimum absolute atomic E-state index is 0.0776. The van der Waals surface area contributed by atoms with E-state index in [1.165, 1.54) is 0 Å². The molecule has 1 aromatic carbocycles. The van der Waals surface area contributed by atoms with Crippen LogP contribution >= 0.6 is 0 Å². The molecule has 0 unspecified atom stereocenters. The number of aromatic nitrogens is 3. The van der Waals surface area contributed by atoms with Gasteiger partial charge in [0.25, 0.3) is 5.91 Å². The van der Waals surface area contributed by atoms with E-state index >= 15 is 0 Å².